The van der Waals surface area contributed by atoms with Crippen LogP contribution < -0.4 is 5.69 Å². The van der Waals surface area contributed by atoms with Gasteiger partial charge in [-0.1, -0.05) is 11.6 Å². The lowest BCUT2D eigenvalue weighted by molar-refractivity contribution is 0.583. The van der Waals surface area contributed by atoms with Crippen molar-refractivity contribution in [3.8, 4) is 0 Å². The van der Waals surface area contributed by atoms with Gasteiger partial charge in [0.25, 0.3) is 0 Å². The van der Waals surface area contributed by atoms with Gasteiger partial charge >= 0.3 is 5.69 Å². The fourth-order valence-corrected chi connectivity index (χ4v) is 4.79. The van der Waals surface area contributed by atoms with Gasteiger partial charge in [-0.05, 0) is 37.5 Å². The number of aryl methyl sites for hydroxylation is 1. The summed E-state index contributed by atoms with van der Waals surface area (Å²) in [5, 5.41) is 0.325. The zero-order valence-corrected chi connectivity index (χ0v) is 18.5. The molecule has 31 heavy (non-hydrogen) atoms. The smallest absolute Gasteiger partial charge is 0.325 e. The molecule has 9 nitrogen and oxygen atoms in total. The Labute approximate surface area is 183 Å². The van der Waals surface area contributed by atoms with Crippen LogP contribution in [0.2, 0.25) is 5.15 Å². The Bertz CT molecular complexity index is 1470. The summed E-state index contributed by atoms with van der Waals surface area (Å²) in [5.41, 5.74) is 2.75. The Hall–Kier alpha value is -2.72. The molecular formula is C20H21ClN6O3S. The van der Waals surface area contributed by atoms with Gasteiger partial charge in [-0.2, -0.15) is 0 Å². The zero-order chi connectivity index (χ0) is 21.8. The van der Waals surface area contributed by atoms with Crippen LogP contribution in [0, 0.1) is 0 Å². The molecule has 1 aliphatic rings. The van der Waals surface area contributed by atoms with E-state index in [1.165, 1.54) is 6.26 Å². The van der Waals surface area contributed by atoms with Crippen molar-refractivity contribution in [2.75, 3.05) is 12.0 Å². The van der Waals surface area contributed by atoms with Gasteiger partial charge in [-0.15, -0.1) is 0 Å². The molecule has 0 saturated heterocycles. The third-order valence-electron chi connectivity index (χ3n) is 5.53. The first-order valence-corrected chi connectivity index (χ1v) is 12.5. The van der Waals surface area contributed by atoms with Crippen LogP contribution in [0.4, 0.5) is 0 Å². The van der Waals surface area contributed by atoms with E-state index in [1.54, 1.807) is 23.0 Å². The summed E-state index contributed by atoms with van der Waals surface area (Å²) < 4.78 is 28.6. The molecule has 0 aliphatic heterocycles. The van der Waals surface area contributed by atoms with E-state index < -0.39 is 9.84 Å². The monoisotopic (exact) mass is 460 g/mol. The van der Waals surface area contributed by atoms with Crippen molar-refractivity contribution in [1.29, 1.82) is 0 Å². The van der Waals surface area contributed by atoms with E-state index >= 15 is 0 Å². The van der Waals surface area contributed by atoms with Gasteiger partial charge in [0.1, 0.15) is 20.8 Å². The predicted molar refractivity (Wildman–Crippen MR) is 118 cm³/mol. The maximum absolute atomic E-state index is 13.2. The molecule has 0 amide bonds. The lowest BCUT2D eigenvalue weighted by Crippen LogP contribution is -2.25. The van der Waals surface area contributed by atoms with Crippen LogP contribution in [0.25, 0.3) is 22.2 Å². The molecule has 0 bridgehead atoms. The Kier molecular flexibility index (Phi) is 4.86. The average Bonchev–Trinajstić information content (AvgIpc) is 3.43. The molecule has 0 N–H and O–H groups in total. The van der Waals surface area contributed by atoms with Gasteiger partial charge in [0.05, 0.1) is 35.0 Å². The summed E-state index contributed by atoms with van der Waals surface area (Å²) >= 11 is 6.05. The van der Waals surface area contributed by atoms with Gasteiger partial charge in [0, 0.05) is 25.0 Å². The Morgan fingerprint density at radius 1 is 1.10 bits per heavy atom. The molecular weight excluding hydrogens is 440 g/mol. The molecule has 0 aromatic carbocycles. The first kappa shape index (κ1) is 20.2. The number of fused-ring (bicyclic) bond motifs is 2. The minimum Gasteiger partial charge on any atom is -0.325 e. The third-order valence-corrected chi connectivity index (χ3v) is 6.77. The Morgan fingerprint density at radius 2 is 1.90 bits per heavy atom. The van der Waals surface area contributed by atoms with Crippen molar-refractivity contribution in [1.82, 2.24) is 28.7 Å². The molecule has 0 atom stereocenters. The quantitative estimate of drug-likeness (QED) is 0.392. The summed E-state index contributed by atoms with van der Waals surface area (Å²) in [5.74, 6) is 0.692. The molecule has 5 rings (SSSR count). The SMILES string of the molecule is CS(=O)(=O)CCCn1c(Cn2c(=O)n(C3CC3)c3ccncc32)nc2nc(Cl)ccc21. The Morgan fingerprint density at radius 3 is 2.65 bits per heavy atom. The first-order chi connectivity index (χ1) is 14.8. The number of hydrogen-bond donors (Lipinski definition) is 0. The molecule has 0 radical (unpaired) electrons. The number of rotatable bonds is 7. The van der Waals surface area contributed by atoms with Gasteiger partial charge in [0.2, 0.25) is 0 Å². The van der Waals surface area contributed by atoms with Crippen LogP contribution in [0.3, 0.4) is 0 Å². The summed E-state index contributed by atoms with van der Waals surface area (Å²) in [6, 6.07) is 5.59. The second kappa shape index (κ2) is 7.45. The van der Waals surface area contributed by atoms with Gasteiger partial charge < -0.3 is 4.57 Å². The van der Waals surface area contributed by atoms with Crippen molar-refractivity contribution in [3.05, 3.63) is 52.1 Å². The molecule has 0 unspecified atom stereocenters. The summed E-state index contributed by atoms with van der Waals surface area (Å²) in [4.78, 5) is 26.4. The lowest BCUT2D eigenvalue weighted by atomic mass is 10.4. The van der Waals surface area contributed by atoms with Crippen molar-refractivity contribution in [2.24, 2.45) is 0 Å². The van der Waals surface area contributed by atoms with E-state index in [1.807, 2.05) is 21.3 Å². The van der Waals surface area contributed by atoms with E-state index in [4.69, 9.17) is 11.6 Å². The van der Waals surface area contributed by atoms with Crippen LogP contribution in [-0.2, 0) is 22.9 Å². The summed E-state index contributed by atoms with van der Waals surface area (Å²) in [6.45, 7) is 0.671. The van der Waals surface area contributed by atoms with Gasteiger partial charge in [-0.3, -0.25) is 14.1 Å². The second-order valence-electron chi connectivity index (χ2n) is 7.97. The highest BCUT2D eigenvalue weighted by Gasteiger charge is 2.29. The largest absolute Gasteiger partial charge is 0.329 e. The summed E-state index contributed by atoms with van der Waals surface area (Å²) in [6.07, 6.45) is 7.03. The molecule has 0 spiro atoms. The molecule has 162 valence electrons. The van der Waals surface area contributed by atoms with Gasteiger partial charge in [0.15, 0.2) is 5.65 Å². The highest BCUT2D eigenvalue weighted by molar-refractivity contribution is 7.90. The van der Waals surface area contributed by atoms with E-state index in [-0.39, 0.29) is 24.0 Å². The average molecular weight is 461 g/mol. The van der Waals surface area contributed by atoms with E-state index in [9.17, 15) is 13.2 Å². The van der Waals surface area contributed by atoms with Crippen molar-refractivity contribution in [2.45, 2.75) is 38.4 Å². The minimum atomic E-state index is -3.08. The first-order valence-electron chi connectivity index (χ1n) is 10.1. The number of pyridine rings is 2. The Balaban J connectivity index is 1.60. The van der Waals surface area contributed by atoms with Crippen LogP contribution in [-0.4, -0.2) is 49.1 Å². The molecule has 11 heteroatoms. The second-order valence-corrected chi connectivity index (χ2v) is 10.6. The number of hydrogen-bond acceptors (Lipinski definition) is 6. The number of imidazole rings is 2. The highest BCUT2D eigenvalue weighted by atomic mass is 35.5. The zero-order valence-electron chi connectivity index (χ0n) is 16.9. The van der Waals surface area contributed by atoms with Crippen molar-refractivity contribution < 1.29 is 8.42 Å². The number of nitrogens with zero attached hydrogens (tertiary/aromatic N) is 6. The predicted octanol–water partition coefficient (Wildman–Crippen LogP) is 2.41. The molecule has 4 aromatic heterocycles. The number of aromatic nitrogens is 6. The number of halogens is 1. The van der Waals surface area contributed by atoms with Crippen molar-refractivity contribution >= 4 is 43.6 Å². The van der Waals surface area contributed by atoms with Crippen LogP contribution in [0.1, 0.15) is 31.1 Å². The normalized spacial score (nSPS) is 14.6. The molecule has 4 aromatic rings. The third kappa shape index (κ3) is 3.85. The maximum Gasteiger partial charge on any atom is 0.329 e. The molecule has 1 aliphatic carbocycles. The van der Waals surface area contributed by atoms with E-state index in [2.05, 4.69) is 15.0 Å². The maximum atomic E-state index is 13.2. The highest BCUT2D eigenvalue weighted by Crippen LogP contribution is 2.36. The summed E-state index contributed by atoms with van der Waals surface area (Å²) in [7, 11) is -3.08. The van der Waals surface area contributed by atoms with Gasteiger partial charge in [-0.25, -0.2) is 23.2 Å². The van der Waals surface area contributed by atoms with E-state index in [0.717, 1.165) is 29.4 Å². The number of sulfone groups is 1. The van der Waals surface area contributed by atoms with Crippen LogP contribution in [0.15, 0.2) is 35.4 Å². The molecule has 1 fully saturated rings. The fourth-order valence-electron chi connectivity index (χ4n) is 3.99. The lowest BCUT2D eigenvalue weighted by Gasteiger charge is -2.09. The fraction of sp³-hybridized carbons (Fsp3) is 0.400. The standard InChI is InChI=1S/C20H21ClN6O3S/c1-31(29,30)10-2-9-25-15-5-6-17(21)23-19(15)24-18(25)12-26-16-11-22-8-7-14(16)27(20(26)28)13-3-4-13/h5-8,11,13H,2-4,9-10,12H2,1H3. The van der Waals surface area contributed by atoms with Crippen LogP contribution in [0.5, 0.6) is 0 Å². The topological polar surface area (TPSA) is 105 Å². The van der Waals surface area contributed by atoms with Crippen LogP contribution >= 0.6 is 11.6 Å². The van der Waals surface area contributed by atoms with Crippen molar-refractivity contribution in [3.63, 3.8) is 0 Å². The minimum absolute atomic E-state index is 0.0674. The molecule has 4 heterocycles. The van der Waals surface area contributed by atoms with E-state index in [0.29, 0.717) is 29.6 Å². The molecule has 1 saturated carbocycles.